The van der Waals surface area contributed by atoms with Gasteiger partial charge >= 0.3 is 0 Å². The summed E-state index contributed by atoms with van der Waals surface area (Å²) in [7, 11) is 0. The van der Waals surface area contributed by atoms with Gasteiger partial charge in [0.15, 0.2) is 6.61 Å². The summed E-state index contributed by atoms with van der Waals surface area (Å²) in [4.78, 5) is 11.9. The molecule has 0 radical (unpaired) electrons. The van der Waals surface area contributed by atoms with Gasteiger partial charge in [0.05, 0.1) is 0 Å². The Morgan fingerprint density at radius 1 is 1.04 bits per heavy atom. The Labute approximate surface area is 148 Å². The number of halogens is 1. The number of carbonyl (C=O) groups is 1. The lowest BCUT2D eigenvalue weighted by molar-refractivity contribution is -0.123. The zero-order chi connectivity index (χ0) is 16.8. The zero-order valence-corrected chi connectivity index (χ0v) is 14.4. The maximum absolute atomic E-state index is 11.9. The molecular formula is C20H22ClNO2. The highest BCUT2D eigenvalue weighted by Crippen LogP contribution is 2.25. The fourth-order valence-corrected chi connectivity index (χ4v) is 3.12. The number of hydrogen-bond donors (Lipinski definition) is 1. The van der Waals surface area contributed by atoms with Crippen LogP contribution >= 0.6 is 11.6 Å². The SMILES string of the molecule is O=C(COc1ccc2c(c1)CCCC2)NCCc1ccc(Cl)cc1. The van der Waals surface area contributed by atoms with Crippen molar-refractivity contribution in [2.24, 2.45) is 0 Å². The molecule has 24 heavy (non-hydrogen) atoms. The predicted octanol–water partition coefficient (Wildman–Crippen LogP) is 3.96. The lowest BCUT2D eigenvalue weighted by Crippen LogP contribution is -2.30. The average Bonchev–Trinajstić information content (AvgIpc) is 2.61. The maximum Gasteiger partial charge on any atom is 0.257 e. The molecule has 0 fully saturated rings. The van der Waals surface area contributed by atoms with E-state index in [1.807, 2.05) is 30.3 Å². The van der Waals surface area contributed by atoms with Crippen LogP contribution in [0.15, 0.2) is 42.5 Å². The van der Waals surface area contributed by atoms with Gasteiger partial charge in [0.25, 0.3) is 5.91 Å². The van der Waals surface area contributed by atoms with E-state index in [9.17, 15) is 4.79 Å². The Bertz CT molecular complexity index is 697. The number of ether oxygens (including phenoxy) is 1. The molecule has 0 atom stereocenters. The van der Waals surface area contributed by atoms with E-state index in [1.165, 1.54) is 24.0 Å². The molecule has 1 amide bonds. The first-order valence-electron chi connectivity index (χ1n) is 8.46. The fourth-order valence-electron chi connectivity index (χ4n) is 3.00. The van der Waals surface area contributed by atoms with Crippen molar-refractivity contribution >= 4 is 17.5 Å². The van der Waals surface area contributed by atoms with Crippen molar-refractivity contribution in [1.29, 1.82) is 0 Å². The van der Waals surface area contributed by atoms with Gasteiger partial charge in [-0.15, -0.1) is 0 Å². The topological polar surface area (TPSA) is 38.3 Å². The lowest BCUT2D eigenvalue weighted by Gasteiger charge is -2.16. The molecule has 3 nitrogen and oxygen atoms in total. The van der Waals surface area contributed by atoms with Crippen LogP contribution in [0.5, 0.6) is 5.75 Å². The van der Waals surface area contributed by atoms with Crippen molar-refractivity contribution in [3.8, 4) is 5.75 Å². The van der Waals surface area contributed by atoms with Crippen LogP contribution in [0.25, 0.3) is 0 Å². The zero-order valence-electron chi connectivity index (χ0n) is 13.7. The second kappa shape index (κ2) is 8.20. The van der Waals surface area contributed by atoms with Crippen molar-refractivity contribution in [2.75, 3.05) is 13.2 Å². The summed E-state index contributed by atoms with van der Waals surface area (Å²) in [6.07, 6.45) is 5.55. The second-order valence-electron chi connectivity index (χ2n) is 6.15. The highest BCUT2D eigenvalue weighted by atomic mass is 35.5. The Morgan fingerprint density at radius 3 is 2.58 bits per heavy atom. The van der Waals surface area contributed by atoms with Crippen molar-refractivity contribution in [2.45, 2.75) is 32.1 Å². The molecule has 2 aromatic rings. The molecule has 0 spiro atoms. The van der Waals surface area contributed by atoms with E-state index in [0.717, 1.165) is 35.6 Å². The summed E-state index contributed by atoms with van der Waals surface area (Å²) < 4.78 is 5.62. The number of fused-ring (bicyclic) bond motifs is 1. The fraction of sp³-hybridized carbons (Fsp3) is 0.350. The molecular weight excluding hydrogens is 322 g/mol. The summed E-state index contributed by atoms with van der Waals surface area (Å²) >= 11 is 5.85. The molecule has 0 bridgehead atoms. The van der Waals surface area contributed by atoms with Gasteiger partial charge in [-0.2, -0.15) is 0 Å². The van der Waals surface area contributed by atoms with E-state index < -0.39 is 0 Å². The highest BCUT2D eigenvalue weighted by molar-refractivity contribution is 6.30. The number of carbonyl (C=O) groups excluding carboxylic acids is 1. The van der Waals surface area contributed by atoms with Crippen molar-refractivity contribution < 1.29 is 9.53 Å². The Kier molecular flexibility index (Phi) is 5.76. The maximum atomic E-state index is 11.9. The number of nitrogens with one attached hydrogen (secondary N) is 1. The summed E-state index contributed by atoms with van der Waals surface area (Å²) in [6.45, 7) is 0.646. The molecule has 1 aliphatic carbocycles. The highest BCUT2D eigenvalue weighted by Gasteiger charge is 2.10. The molecule has 0 saturated carbocycles. The number of rotatable bonds is 6. The van der Waals surface area contributed by atoms with Gasteiger partial charge in [0, 0.05) is 11.6 Å². The number of aryl methyl sites for hydroxylation is 2. The minimum absolute atomic E-state index is 0.0550. The molecule has 1 N–H and O–H groups in total. The minimum Gasteiger partial charge on any atom is -0.484 e. The molecule has 0 heterocycles. The van der Waals surface area contributed by atoms with Gasteiger partial charge in [-0.1, -0.05) is 29.8 Å². The third-order valence-electron chi connectivity index (χ3n) is 4.34. The van der Waals surface area contributed by atoms with Gasteiger partial charge < -0.3 is 10.1 Å². The number of amides is 1. The number of benzene rings is 2. The first kappa shape index (κ1) is 16.8. The van der Waals surface area contributed by atoms with E-state index >= 15 is 0 Å². The van der Waals surface area contributed by atoms with Crippen LogP contribution in [0, 0.1) is 0 Å². The summed E-state index contributed by atoms with van der Waals surface area (Å²) in [5, 5.41) is 3.60. The second-order valence-corrected chi connectivity index (χ2v) is 6.59. The van der Waals surface area contributed by atoms with E-state index in [4.69, 9.17) is 16.3 Å². The number of hydrogen-bond acceptors (Lipinski definition) is 2. The van der Waals surface area contributed by atoms with E-state index in [1.54, 1.807) is 0 Å². The summed E-state index contributed by atoms with van der Waals surface area (Å²) in [6, 6.07) is 13.8. The largest absolute Gasteiger partial charge is 0.484 e. The first-order chi connectivity index (χ1) is 11.7. The molecule has 2 aromatic carbocycles. The van der Waals surface area contributed by atoms with Gasteiger partial charge in [0.2, 0.25) is 0 Å². The Balaban J connectivity index is 1.41. The van der Waals surface area contributed by atoms with Crippen LogP contribution in [0.1, 0.15) is 29.5 Å². The van der Waals surface area contributed by atoms with Gasteiger partial charge in [-0.3, -0.25) is 4.79 Å². The molecule has 0 saturated heterocycles. The Morgan fingerprint density at radius 2 is 1.79 bits per heavy atom. The molecule has 0 aliphatic heterocycles. The molecule has 126 valence electrons. The van der Waals surface area contributed by atoms with Crippen molar-refractivity contribution in [3.05, 3.63) is 64.2 Å². The van der Waals surface area contributed by atoms with Gasteiger partial charge in [-0.25, -0.2) is 0 Å². The lowest BCUT2D eigenvalue weighted by atomic mass is 9.92. The standard InChI is InChI=1S/C20H22ClNO2/c21-18-8-5-15(6-9-18)11-12-22-20(23)14-24-19-10-7-16-3-1-2-4-17(16)13-19/h5-10,13H,1-4,11-12,14H2,(H,22,23). The van der Waals surface area contributed by atoms with Crippen LogP contribution in [0.2, 0.25) is 5.02 Å². The third kappa shape index (κ3) is 4.75. The van der Waals surface area contributed by atoms with Crippen molar-refractivity contribution in [1.82, 2.24) is 5.32 Å². The quantitative estimate of drug-likeness (QED) is 0.862. The van der Waals surface area contributed by atoms with Crippen LogP contribution in [0.4, 0.5) is 0 Å². The summed E-state index contributed by atoms with van der Waals surface area (Å²) in [5.74, 6) is 0.685. The van der Waals surface area contributed by atoms with Gasteiger partial charge in [-0.05, 0) is 73.1 Å². The van der Waals surface area contributed by atoms with E-state index in [-0.39, 0.29) is 12.5 Å². The third-order valence-corrected chi connectivity index (χ3v) is 4.59. The predicted molar refractivity (Wildman–Crippen MR) is 96.7 cm³/mol. The smallest absolute Gasteiger partial charge is 0.257 e. The molecule has 0 aromatic heterocycles. The van der Waals surface area contributed by atoms with Crippen LogP contribution < -0.4 is 10.1 Å². The monoisotopic (exact) mass is 343 g/mol. The van der Waals surface area contributed by atoms with Crippen LogP contribution in [0.3, 0.4) is 0 Å². The van der Waals surface area contributed by atoms with Gasteiger partial charge in [0.1, 0.15) is 5.75 Å². The van der Waals surface area contributed by atoms with Crippen LogP contribution in [-0.4, -0.2) is 19.1 Å². The van der Waals surface area contributed by atoms with Crippen molar-refractivity contribution in [3.63, 3.8) is 0 Å². The normalized spacial score (nSPS) is 13.2. The molecule has 0 unspecified atom stereocenters. The summed E-state index contributed by atoms with van der Waals surface area (Å²) in [5.41, 5.74) is 3.93. The average molecular weight is 344 g/mol. The van der Waals surface area contributed by atoms with Crippen LogP contribution in [-0.2, 0) is 24.1 Å². The Hall–Kier alpha value is -2.00. The molecule has 3 rings (SSSR count). The molecule has 4 heteroatoms. The first-order valence-corrected chi connectivity index (χ1v) is 8.84. The minimum atomic E-state index is -0.0957. The van der Waals surface area contributed by atoms with E-state index in [0.29, 0.717) is 6.54 Å². The molecule has 1 aliphatic rings. The van der Waals surface area contributed by atoms with E-state index in [2.05, 4.69) is 17.4 Å².